The Bertz CT molecular complexity index is 331. The number of alkyl halides is 1. The molecule has 1 aromatic carbocycles. The molecule has 0 atom stereocenters. The van der Waals surface area contributed by atoms with Crippen LogP contribution in [0.3, 0.4) is 0 Å². The highest BCUT2D eigenvalue weighted by atomic mass is 79.9. The number of carbonyl (C=O) groups excluding carboxylic acids is 1. The first-order chi connectivity index (χ1) is 6.06. The molecule has 0 aliphatic carbocycles. The Morgan fingerprint density at radius 2 is 2.15 bits per heavy atom. The minimum atomic E-state index is -0.662. The van der Waals surface area contributed by atoms with Crippen molar-refractivity contribution in [3.8, 4) is 0 Å². The number of Topliss-reactive ketones (excluding diaryl/α,β-unsaturated/α-hetero) is 1. The standard InChI is InChI=1S/C8H4BrCl2FO/c9-5-1-4(11)2-6(12)8(5)7(13)3-10/h1-2H,3H2. The summed E-state index contributed by atoms with van der Waals surface area (Å²) in [5.74, 6) is -1.38. The lowest BCUT2D eigenvalue weighted by Crippen LogP contribution is -2.04. The van der Waals surface area contributed by atoms with Crippen molar-refractivity contribution < 1.29 is 9.18 Å². The molecule has 70 valence electrons. The van der Waals surface area contributed by atoms with Gasteiger partial charge in [-0.15, -0.1) is 11.6 Å². The lowest BCUT2D eigenvalue weighted by molar-refractivity contribution is 0.101. The van der Waals surface area contributed by atoms with Crippen molar-refractivity contribution in [2.24, 2.45) is 0 Å². The topological polar surface area (TPSA) is 17.1 Å². The van der Waals surface area contributed by atoms with Crippen molar-refractivity contribution in [3.63, 3.8) is 0 Å². The zero-order valence-electron chi connectivity index (χ0n) is 6.28. The molecule has 0 aliphatic rings. The van der Waals surface area contributed by atoms with Crippen LogP contribution >= 0.6 is 39.1 Å². The number of hydrogen-bond donors (Lipinski definition) is 0. The fourth-order valence-corrected chi connectivity index (χ4v) is 2.00. The smallest absolute Gasteiger partial charge is 0.181 e. The highest BCUT2D eigenvalue weighted by Gasteiger charge is 2.15. The molecule has 1 rings (SSSR count). The van der Waals surface area contributed by atoms with Gasteiger partial charge in [-0.3, -0.25) is 4.79 Å². The zero-order valence-corrected chi connectivity index (χ0v) is 9.38. The summed E-state index contributed by atoms with van der Waals surface area (Å²) < 4.78 is 13.5. The molecule has 0 bridgehead atoms. The van der Waals surface area contributed by atoms with E-state index in [4.69, 9.17) is 23.2 Å². The normalized spacial score (nSPS) is 10.2. The second-order valence-electron chi connectivity index (χ2n) is 2.30. The van der Waals surface area contributed by atoms with Gasteiger partial charge in [-0.05, 0) is 28.1 Å². The third-order valence-corrected chi connectivity index (χ3v) is 2.49. The van der Waals surface area contributed by atoms with Gasteiger partial charge in [0.05, 0.1) is 11.4 Å². The molecular weight excluding hydrogens is 282 g/mol. The Morgan fingerprint density at radius 3 is 2.62 bits per heavy atom. The lowest BCUT2D eigenvalue weighted by Gasteiger charge is -2.03. The van der Waals surface area contributed by atoms with Crippen LogP contribution in [0.1, 0.15) is 10.4 Å². The average molecular weight is 286 g/mol. The number of benzene rings is 1. The van der Waals surface area contributed by atoms with Crippen LogP contribution in [0.15, 0.2) is 16.6 Å². The Labute approximate surface area is 93.0 Å². The predicted octanol–water partition coefficient (Wildman–Crippen LogP) is 3.66. The molecule has 5 heteroatoms. The van der Waals surface area contributed by atoms with Crippen molar-refractivity contribution in [3.05, 3.63) is 33.0 Å². The third kappa shape index (κ3) is 2.42. The van der Waals surface area contributed by atoms with Gasteiger partial charge >= 0.3 is 0 Å². The van der Waals surface area contributed by atoms with Crippen molar-refractivity contribution >= 4 is 44.9 Å². The molecule has 0 aliphatic heterocycles. The molecule has 0 heterocycles. The van der Waals surface area contributed by atoms with Crippen LogP contribution in [0.4, 0.5) is 4.39 Å². The molecule has 0 spiro atoms. The monoisotopic (exact) mass is 284 g/mol. The molecule has 0 radical (unpaired) electrons. The fraction of sp³-hybridized carbons (Fsp3) is 0.125. The van der Waals surface area contributed by atoms with E-state index in [-0.39, 0.29) is 16.5 Å². The van der Waals surface area contributed by atoms with E-state index in [9.17, 15) is 9.18 Å². The van der Waals surface area contributed by atoms with E-state index in [1.165, 1.54) is 6.07 Å². The van der Waals surface area contributed by atoms with Crippen molar-refractivity contribution in [1.29, 1.82) is 0 Å². The fourth-order valence-electron chi connectivity index (χ4n) is 0.875. The minimum Gasteiger partial charge on any atom is -0.293 e. The first-order valence-corrected chi connectivity index (χ1v) is 5.00. The summed E-state index contributed by atoms with van der Waals surface area (Å²) in [6, 6.07) is 2.52. The first kappa shape index (κ1) is 11.0. The highest BCUT2D eigenvalue weighted by molar-refractivity contribution is 9.10. The van der Waals surface area contributed by atoms with E-state index in [1.807, 2.05) is 0 Å². The van der Waals surface area contributed by atoms with Crippen LogP contribution in [0.5, 0.6) is 0 Å². The van der Waals surface area contributed by atoms with E-state index in [1.54, 1.807) is 0 Å². The van der Waals surface area contributed by atoms with Gasteiger partial charge in [0.2, 0.25) is 0 Å². The first-order valence-electron chi connectivity index (χ1n) is 3.30. The summed E-state index contributed by atoms with van der Waals surface area (Å²) in [5, 5.41) is 0.232. The van der Waals surface area contributed by atoms with Gasteiger partial charge in [-0.25, -0.2) is 4.39 Å². The molecule has 0 unspecified atom stereocenters. The lowest BCUT2D eigenvalue weighted by atomic mass is 10.1. The van der Waals surface area contributed by atoms with Crippen LogP contribution in [-0.4, -0.2) is 11.7 Å². The van der Waals surface area contributed by atoms with Crippen molar-refractivity contribution in [1.82, 2.24) is 0 Å². The van der Waals surface area contributed by atoms with Crippen molar-refractivity contribution in [2.45, 2.75) is 0 Å². The van der Waals surface area contributed by atoms with E-state index >= 15 is 0 Å². The average Bonchev–Trinajstić information content (AvgIpc) is 2.02. The number of carbonyl (C=O) groups is 1. The van der Waals surface area contributed by atoms with Gasteiger partial charge in [0.25, 0.3) is 0 Å². The second kappa shape index (κ2) is 4.40. The SMILES string of the molecule is O=C(CCl)c1c(F)cc(Cl)cc1Br. The van der Waals surface area contributed by atoms with E-state index in [2.05, 4.69) is 15.9 Å². The summed E-state index contributed by atoms with van der Waals surface area (Å²) in [6.45, 7) is 0. The Hall–Kier alpha value is -0.120. The molecule has 13 heavy (non-hydrogen) atoms. The maximum Gasteiger partial charge on any atom is 0.181 e. The van der Waals surface area contributed by atoms with Gasteiger partial charge in [-0.1, -0.05) is 11.6 Å². The number of halogens is 4. The molecular formula is C8H4BrCl2FO. The molecule has 0 amide bonds. The molecule has 1 nitrogen and oxygen atoms in total. The third-order valence-electron chi connectivity index (χ3n) is 1.41. The molecule has 0 N–H and O–H groups in total. The minimum absolute atomic E-state index is 0.0561. The van der Waals surface area contributed by atoms with Crippen LogP contribution < -0.4 is 0 Å². The maximum atomic E-state index is 13.2. The van der Waals surface area contributed by atoms with Crippen LogP contribution in [0, 0.1) is 5.82 Å². The quantitative estimate of drug-likeness (QED) is 0.599. The number of ketones is 1. The Balaban J connectivity index is 3.28. The number of rotatable bonds is 2. The van der Waals surface area contributed by atoms with Gasteiger partial charge < -0.3 is 0 Å². The van der Waals surface area contributed by atoms with E-state index in [0.29, 0.717) is 4.47 Å². The van der Waals surface area contributed by atoms with Crippen molar-refractivity contribution in [2.75, 3.05) is 5.88 Å². The van der Waals surface area contributed by atoms with Gasteiger partial charge in [0.1, 0.15) is 5.82 Å². The van der Waals surface area contributed by atoms with E-state index in [0.717, 1.165) is 6.07 Å². The Morgan fingerprint density at radius 1 is 1.54 bits per heavy atom. The van der Waals surface area contributed by atoms with Gasteiger partial charge in [0, 0.05) is 9.50 Å². The predicted molar refractivity (Wildman–Crippen MR) is 54.2 cm³/mol. The molecule has 0 saturated carbocycles. The summed E-state index contributed by atoms with van der Waals surface area (Å²) in [7, 11) is 0. The summed E-state index contributed by atoms with van der Waals surface area (Å²) in [6.07, 6.45) is 0. The second-order valence-corrected chi connectivity index (χ2v) is 3.86. The largest absolute Gasteiger partial charge is 0.293 e. The van der Waals surface area contributed by atoms with Gasteiger partial charge in [0.15, 0.2) is 5.78 Å². The van der Waals surface area contributed by atoms with Gasteiger partial charge in [-0.2, -0.15) is 0 Å². The molecule has 0 aromatic heterocycles. The summed E-state index contributed by atoms with van der Waals surface area (Å²) >= 11 is 13.9. The zero-order chi connectivity index (χ0) is 10.0. The van der Waals surface area contributed by atoms with E-state index < -0.39 is 11.6 Å². The molecule has 1 aromatic rings. The molecule has 0 fully saturated rings. The van der Waals surface area contributed by atoms with Crippen LogP contribution in [-0.2, 0) is 0 Å². The summed E-state index contributed by atoms with van der Waals surface area (Å²) in [4.78, 5) is 11.1. The molecule has 0 saturated heterocycles. The van der Waals surface area contributed by atoms with Crippen LogP contribution in [0.2, 0.25) is 5.02 Å². The Kier molecular flexibility index (Phi) is 3.71. The maximum absolute atomic E-state index is 13.2. The van der Waals surface area contributed by atoms with Crippen LogP contribution in [0.25, 0.3) is 0 Å². The summed E-state index contributed by atoms with van der Waals surface area (Å²) in [5.41, 5.74) is -0.0561. The highest BCUT2D eigenvalue weighted by Crippen LogP contribution is 2.25. The number of hydrogen-bond acceptors (Lipinski definition) is 1.